The fraction of sp³-hybridized carbons (Fsp3) is 0.167. The monoisotopic (exact) mass is 523 g/mol. The minimum Gasteiger partial charge on any atom is -0.274 e. The smallest absolute Gasteiger partial charge is 0.264 e. The Kier molecular flexibility index (Phi) is 6.44. The summed E-state index contributed by atoms with van der Waals surface area (Å²) in [4.78, 5) is 18.3. The fourth-order valence-corrected chi connectivity index (χ4v) is 5.44. The van der Waals surface area contributed by atoms with E-state index < -0.39 is 10.0 Å². The number of rotatable bonds is 8. The molecule has 184 valence electrons. The molecule has 0 atom stereocenters. The van der Waals surface area contributed by atoms with Gasteiger partial charge in [0.15, 0.2) is 5.82 Å². The number of benzene rings is 2. The molecule has 3 aromatic heterocycles. The van der Waals surface area contributed by atoms with Gasteiger partial charge in [0, 0.05) is 17.1 Å². The maximum atomic E-state index is 13.0. The molecule has 0 fully saturated rings. The summed E-state index contributed by atoms with van der Waals surface area (Å²) in [5, 5.41) is 5.35. The van der Waals surface area contributed by atoms with E-state index in [1.807, 2.05) is 25.1 Å². The van der Waals surface area contributed by atoms with Crippen LogP contribution in [0.1, 0.15) is 19.4 Å². The van der Waals surface area contributed by atoms with Gasteiger partial charge in [0.1, 0.15) is 16.7 Å². The van der Waals surface area contributed by atoms with E-state index in [-0.39, 0.29) is 15.7 Å². The average molecular weight is 524 g/mol. The number of hydrogen-bond acceptors (Lipinski definition) is 8. The van der Waals surface area contributed by atoms with Crippen LogP contribution in [0.15, 0.2) is 66.0 Å². The molecule has 12 heteroatoms. The first-order chi connectivity index (χ1) is 17.4. The number of halogens is 1. The fourth-order valence-electron chi connectivity index (χ4n) is 3.90. The first kappa shape index (κ1) is 23.9. The summed E-state index contributed by atoms with van der Waals surface area (Å²) >= 11 is 6.11. The van der Waals surface area contributed by atoms with Crippen molar-refractivity contribution in [3.63, 3.8) is 0 Å². The lowest BCUT2D eigenvalue weighted by atomic mass is 10.0. The van der Waals surface area contributed by atoms with E-state index in [1.54, 1.807) is 28.9 Å². The summed E-state index contributed by atoms with van der Waals surface area (Å²) in [6.07, 6.45) is 3.79. The van der Waals surface area contributed by atoms with Crippen LogP contribution in [0.4, 0.5) is 11.8 Å². The van der Waals surface area contributed by atoms with Crippen LogP contribution >= 0.6 is 11.6 Å². The van der Waals surface area contributed by atoms with Crippen molar-refractivity contribution in [2.45, 2.75) is 25.2 Å². The highest BCUT2D eigenvalue weighted by Gasteiger charge is 2.21. The van der Waals surface area contributed by atoms with Crippen LogP contribution in [-0.2, 0) is 21.3 Å². The van der Waals surface area contributed by atoms with Gasteiger partial charge in [-0.25, -0.2) is 33.4 Å². The first-order valence-electron chi connectivity index (χ1n) is 11.2. The van der Waals surface area contributed by atoms with Crippen LogP contribution in [-0.4, -0.2) is 39.6 Å². The Labute approximate surface area is 212 Å². The number of fused-ring (bicyclic) bond motifs is 2. The van der Waals surface area contributed by atoms with Gasteiger partial charge in [-0.2, -0.15) is 5.10 Å². The van der Waals surface area contributed by atoms with E-state index >= 15 is 0 Å². The van der Waals surface area contributed by atoms with Gasteiger partial charge in [-0.1, -0.05) is 30.7 Å². The van der Waals surface area contributed by atoms with Gasteiger partial charge in [-0.05, 0) is 55.3 Å². The minimum atomic E-state index is -3.96. The highest BCUT2D eigenvalue weighted by atomic mass is 35.5. The number of aromatic nitrogens is 5. The summed E-state index contributed by atoms with van der Waals surface area (Å²) < 4.78 is 30.1. The van der Waals surface area contributed by atoms with Gasteiger partial charge in [-0.15, -0.1) is 0 Å². The number of nitrogens with zero attached hydrogens (tertiary/aromatic N) is 5. The van der Waals surface area contributed by atoms with Crippen LogP contribution in [0.3, 0.4) is 0 Å². The van der Waals surface area contributed by atoms with Crippen LogP contribution in [0, 0.1) is 0 Å². The molecular formula is C24H22ClN7O3S. The summed E-state index contributed by atoms with van der Waals surface area (Å²) in [5.74, 6) is 0.533. The quantitative estimate of drug-likeness (QED) is 0.280. The number of hydrogen-bond donors (Lipinski definition) is 2. The van der Waals surface area contributed by atoms with Crippen molar-refractivity contribution in [1.82, 2.24) is 24.6 Å². The number of anilines is 2. The normalized spacial score (nSPS) is 11.8. The van der Waals surface area contributed by atoms with E-state index in [4.69, 9.17) is 16.4 Å². The molecule has 3 heterocycles. The Hall–Kier alpha value is -3.80. The molecule has 10 nitrogen and oxygen atoms in total. The SMILES string of the molecule is CCONc1ncc2cc(-c3ccc4c(NS(=O)(=O)c5ccccc5Cl)ncnn34)cc(CC)c2n1. The van der Waals surface area contributed by atoms with Crippen molar-refractivity contribution >= 4 is 49.8 Å². The Morgan fingerprint density at radius 1 is 1.08 bits per heavy atom. The van der Waals surface area contributed by atoms with E-state index in [9.17, 15) is 8.42 Å². The van der Waals surface area contributed by atoms with Crippen molar-refractivity contribution in [2.24, 2.45) is 0 Å². The highest BCUT2D eigenvalue weighted by molar-refractivity contribution is 7.92. The van der Waals surface area contributed by atoms with Crippen LogP contribution in [0.5, 0.6) is 0 Å². The molecule has 0 radical (unpaired) electrons. The van der Waals surface area contributed by atoms with Crippen LogP contribution in [0.25, 0.3) is 27.7 Å². The number of nitrogens with one attached hydrogen (secondary N) is 2. The lowest BCUT2D eigenvalue weighted by Gasteiger charge is -2.11. The highest BCUT2D eigenvalue weighted by Crippen LogP contribution is 2.31. The zero-order valence-electron chi connectivity index (χ0n) is 19.4. The Bertz CT molecular complexity index is 1690. The lowest BCUT2D eigenvalue weighted by molar-refractivity contribution is 0.207. The van der Waals surface area contributed by atoms with Gasteiger partial charge in [0.05, 0.1) is 22.8 Å². The molecule has 0 bridgehead atoms. The predicted molar refractivity (Wildman–Crippen MR) is 138 cm³/mol. The van der Waals surface area contributed by atoms with E-state index in [0.29, 0.717) is 18.1 Å². The summed E-state index contributed by atoms with van der Waals surface area (Å²) in [6, 6.07) is 13.9. The molecular weight excluding hydrogens is 502 g/mol. The topological polar surface area (TPSA) is 123 Å². The average Bonchev–Trinajstić information content (AvgIpc) is 3.32. The molecule has 5 rings (SSSR count). The third kappa shape index (κ3) is 4.43. The van der Waals surface area contributed by atoms with E-state index in [0.717, 1.165) is 34.1 Å². The Morgan fingerprint density at radius 3 is 2.69 bits per heavy atom. The van der Waals surface area contributed by atoms with E-state index in [1.165, 1.54) is 18.5 Å². The maximum absolute atomic E-state index is 13.0. The van der Waals surface area contributed by atoms with Crippen molar-refractivity contribution in [2.75, 3.05) is 16.8 Å². The standard InChI is InChI=1S/C24H22ClN7O3S/c1-3-15-11-16(12-17-13-26-24(29-22(15)17)30-35-4-2)19-9-10-20-23(27-14-28-32(19)20)31-36(33,34)21-8-6-5-7-18(21)25/h5-14H,3-4H2,1-2H3,(H,26,29,30)(H,27,28,31). The molecule has 0 aliphatic rings. The van der Waals surface area contributed by atoms with Gasteiger partial charge < -0.3 is 0 Å². The third-order valence-corrected chi connectivity index (χ3v) is 7.39. The third-order valence-electron chi connectivity index (χ3n) is 5.56. The molecule has 2 N–H and O–H groups in total. The van der Waals surface area contributed by atoms with Crippen molar-refractivity contribution in [1.29, 1.82) is 0 Å². The molecule has 0 unspecified atom stereocenters. The zero-order valence-corrected chi connectivity index (χ0v) is 21.0. The predicted octanol–water partition coefficient (Wildman–Crippen LogP) is 4.72. The molecule has 0 aliphatic heterocycles. The minimum absolute atomic E-state index is 0.0319. The molecule has 2 aromatic carbocycles. The molecule has 0 spiro atoms. The van der Waals surface area contributed by atoms with Gasteiger partial charge >= 0.3 is 0 Å². The molecule has 0 saturated carbocycles. The van der Waals surface area contributed by atoms with Gasteiger partial charge in [-0.3, -0.25) is 9.56 Å². The summed E-state index contributed by atoms with van der Waals surface area (Å²) in [7, 11) is -3.96. The van der Waals surface area contributed by atoms with Crippen molar-refractivity contribution in [3.05, 3.63) is 71.6 Å². The lowest BCUT2D eigenvalue weighted by Crippen LogP contribution is -2.15. The zero-order chi connectivity index (χ0) is 25.3. The Balaban J connectivity index is 1.56. The summed E-state index contributed by atoms with van der Waals surface area (Å²) in [6.45, 7) is 4.41. The second-order valence-electron chi connectivity index (χ2n) is 7.82. The van der Waals surface area contributed by atoms with Crippen LogP contribution < -0.4 is 10.2 Å². The van der Waals surface area contributed by atoms with Crippen molar-refractivity contribution < 1.29 is 13.3 Å². The molecule has 0 amide bonds. The van der Waals surface area contributed by atoms with Crippen LogP contribution in [0.2, 0.25) is 5.02 Å². The molecule has 0 aliphatic carbocycles. The number of sulfonamides is 1. The second-order valence-corrected chi connectivity index (χ2v) is 9.87. The second kappa shape index (κ2) is 9.69. The molecule has 5 aromatic rings. The largest absolute Gasteiger partial charge is 0.274 e. The Morgan fingerprint density at radius 2 is 1.92 bits per heavy atom. The first-order valence-corrected chi connectivity index (χ1v) is 13.0. The molecule has 0 saturated heterocycles. The van der Waals surface area contributed by atoms with Gasteiger partial charge in [0.2, 0.25) is 5.95 Å². The molecule has 36 heavy (non-hydrogen) atoms. The van der Waals surface area contributed by atoms with Crippen molar-refractivity contribution in [3.8, 4) is 11.3 Å². The maximum Gasteiger partial charge on any atom is 0.264 e. The number of aryl methyl sites for hydroxylation is 1. The van der Waals surface area contributed by atoms with E-state index in [2.05, 4.69) is 37.2 Å². The summed E-state index contributed by atoms with van der Waals surface area (Å²) in [5.41, 5.74) is 6.72. The van der Waals surface area contributed by atoms with Gasteiger partial charge in [0.25, 0.3) is 10.0 Å².